The number of hydrogen-bond donors (Lipinski definition) is 0. The van der Waals surface area contributed by atoms with E-state index >= 15 is 0 Å². The number of carbonyl (C=O) groups is 1. The summed E-state index contributed by atoms with van der Waals surface area (Å²) in [5.41, 5.74) is -0.931. The summed E-state index contributed by atoms with van der Waals surface area (Å²) >= 11 is 0. The van der Waals surface area contributed by atoms with E-state index in [1.165, 1.54) is 0 Å². The quantitative estimate of drug-likeness (QED) is 0.518. The minimum atomic E-state index is -2.30. The highest BCUT2D eigenvalue weighted by Gasteiger charge is 2.47. The molecule has 1 rings (SSSR count). The van der Waals surface area contributed by atoms with Crippen molar-refractivity contribution in [3.63, 3.8) is 0 Å². The Morgan fingerprint density at radius 1 is 1.69 bits per heavy atom. The second kappa shape index (κ2) is 3.81. The van der Waals surface area contributed by atoms with Gasteiger partial charge in [-0.25, -0.2) is 0 Å². The molecule has 0 N–H and O–H groups in total. The molecule has 0 radical (unpaired) electrons. The predicted octanol–water partition coefficient (Wildman–Crippen LogP) is 1.45. The van der Waals surface area contributed by atoms with Crippen molar-refractivity contribution in [3.05, 3.63) is 0 Å². The van der Waals surface area contributed by atoms with Gasteiger partial charge < -0.3 is 9.26 Å². The Morgan fingerprint density at radius 2 is 2.31 bits per heavy atom. The smallest absolute Gasteiger partial charge is 0.319 e. The maximum Gasteiger partial charge on any atom is 0.319 e. The molecule has 1 saturated heterocycles. The van der Waals surface area contributed by atoms with E-state index < -0.39 is 13.7 Å². The molecule has 0 aromatic carbocycles. The predicted molar refractivity (Wildman–Crippen MR) is 49.2 cm³/mol. The molecular weight excluding hydrogens is 191 g/mol. The van der Waals surface area contributed by atoms with Crippen LogP contribution in [0.25, 0.3) is 0 Å². The number of carbonyl (C=O) groups excluding carboxylic acids is 1. The topological polar surface area (TPSA) is 52.6 Å². The molecule has 1 aliphatic heterocycles. The van der Waals surface area contributed by atoms with Crippen LogP contribution >= 0.6 is 8.03 Å². The lowest BCUT2D eigenvalue weighted by molar-refractivity contribution is -0.137. The normalized spacial score (nSPS) is 28.5. The van der Waals surface area contributed by atoms with Gasteiger partial charge in [0.15, 0.2) is 0 Å². The molecule has 2 atom stereocenters. The molecule has 1 heterocycles. The van der Waals surface area contributed by atoms with E-state index in [1.54, 1.807) is 6.92 Å². The van der Waals surface area contributed by atoms with Gasteiger partial charge in [-0.05, 0) is 6.92 Å². The van der Waals surface area contributed by atoms with E-state index in [1.807, 2.05) is 13.8 Å². The van der Waals surface area contributed by atoms with Gasteiger partial charge in [0, 0.05) is 5.41 Å². The molecule has 2 unspecified atom stereocenters. The van der Waals surface area contributed by atoms with Crippen LogP contribution in [0.3, 0.4) is 0 Å². The Kier molecular flexibility index (Phi) is 3.14. The van der Waals surface area contributed by atoms with Gasteiger partial charge in [0.25, 0.3) is 0 Å². The third-order valence-corrected chi connectivity index (χ3v) is 4.19. The number of rotatable bonds is 3. The molecule has 4 nitrogen and oxygen atoms in total. The average Bonchev–Trinajstić information content (AvgIpc) is 2.26. The van der Waals surface area contributed by atoms with E-state index in [0.717, 1.165) is 0 Å². The van der Waals surface area contributed by atoms with Crippen LogP contribution in [0.15, 0.2) is 0 Å². The summed E-state index contributed by atoms with van der Waals surface area (Å²) in [4.78, 5) is 11.2. The largest absolute Gasteiger partial charge is 0.464 e. The summed E-state index contributed by atoms with van der Waals surface area (Å²) in [6.45, 7) is 6.20. The highest BCUT2D eigenvalue weighted by molar-refractivity contribution is 7.41. The fraction of sp³-hybridized carbons (Fsp3) is 0.875. The monoisotopic (exact) mass is 206 g/mol. The molecule has 0 spiro atoms. The molecule has 1 fully saturated rings. The number of esters is 1. The maximum absolute atomic E-state index is 11.5. The van der Waals surface area contributed by atoms with E-state index in [0.29, 0.717) is 13.2 Å². The number of hydrogen-bond acceptors (Lipinski definition) is 4. The first-order chi connectivity index (χ1) is 5.99. The van der Waals surface area contributed by atoms with Gasteiger partial charge in [0.05, 0.1) is 13.2 Å². The lowest BCUT2D eigenvalue weighted by Gasteiger charge is -2.20. The zero-order chi connectivity index (χ0) is 10.1. The Hall–Kier alpha value is -0.340. The molecule has 0 aliphatic carbocycles. The minimum absolute atomic E-state index is 0.333. The van der Waals surface area contributed by atoms with Gasteiger partial charge in [0.2, 0.25) is 8.03 Å². The van der Waals surface area contributed by atoms with Crippen LogP contribution in [-0.4, -0.2) is 24.8 Å². The minimum Gasteiger partial charge on any atom is -0.464 e. The van der Waals surface area contributed by atoms with Crippen molar-refractivity contribution in [3.8, 4) is 0 Å². The van der Waals surface area contributed by atoms with Gasteiger partial charge in [-0.1, -0.05) is 13.8 Å². The van der Waals surface area contributed by atoms with Crippen molar-refractivity contribution in [2.24, 2.45) is 5.41 Å². The first-order valence-electron chi connectivity index (χ1n) is 4.32. The molecule has 0 saturated carbocycles. The molecular formula is C8H15O4P. The second-order valence-corrected chi connectivity index (χ2v) is 5.29. The Bertz CT molecular complexity index is 236. The lowest BCUT2D eigenvalue weighted by Crippen LogP contribution is -2.27. The van der Waals surface area contributed by atoms with Crippen molar-refractivity contribution in [2.75, 3.05) is 13.2 Å². The molecule has 0 aromatic heterocycles. The van der Waals surface area contributed by atoms with E-state index in [9.17, 15) is 9.36 Å². The molecule has 0 aromatic rings. The van der Waals surface area contributed by atoms with Gasteiger partial charge in [-0.2, -0.15) is 0 Å². The van der Waals surface area contributed by atoms with Gasteiger partial charge in [-0.3, -0.25) is 9.36 Å². The zero-order valence-corrected chi connectivity index (χ0v) is 9.12. The number of cyclic esters (lactones) is 1. The Balaban J connectivity index is 2.76. The van der Waals surface area contributed by atoms with Crippen molar-refractivity contribution in [1.82, 2.24) is 0 Å². The van der Waals surface area contributed by atoms with Crippen molar-refractivity contribution in [1.29, 1.82) is 0 Å². The third kappa shape index (κ3) is 2.12. The van der Waals surface area contributed by atoms with Crippen LogP contribution in [0.4, 0.5) is 0 Å². The van der Waals surface area contributed by atoms with E-state index in [2.05, 4.69) is 0 Å². The van der Waals surface area contributed by atoms with Crippen LogP contribution in [0.2, 0.25) is 0 Å². The van der Waals surface area contributed by atoms with Crippen LogP contribution in [0.5, 0.6) is 0 Å². The molecule has 0 bridgehead atoms. The lowest BCUT2D eigenvalue weighted by atomic mass is 9.92. The Morgan fingerprint density at radius 3 is 2.69 bits per heavy atom. The summed E-state index contributed by atoms with van der Waals surface area (Å²) in [7, 11) is -2.30. The maximum atomic E-state index is 11.5. The highest BCUT2D eigenvalue weighted by Crippen LogP contribution is 2.45. The van der Waals surface area contributed by atoms with Crippen molar-refractivity contribution >= 4 is 14.0 Å². The fourth-order valence-corrected chi connectivity index (χ4v) is 2.83. The van der Waals surface area contributed by atoms with Gasteiger partial charge in [-0.15, -0.1) is 0 Å². The van der Waals surface area contributed by atoms with Crippen LogP contribution < -0.4 is 0 Å². The first-order valence-corrected chi connectivity index (χ1v) is 5.71. The number of ether oxygens (including phenoxy) is 1. The molecule has 0 amide bonds. The summed E-state index contributed by atoms with van der Waals surface area (Å²) in [6, 6.07) is 0. The third-order valence-electron chi connectivity index (χ3n) is 2.13. The SMILES string of the molecule is CCO[PH](=O)C1C(=O)OCC1(C)C. The van der Waals surface area contributed by atoms with Gasteiger partial charge in [0.1, 0.15) is 5.66 Å². The molecule has 1 aliphatic rings. The molecule has 76 valence electrons. The fourth-order valence-electron chi connectivity index (χ4n) is 1.38. The summed E-state index contributed by atoms with van der Waals surface area (Å²) < 4.78 is 21.4. The zero-order valence-electron chi connectivity index (χ0n) is 8.12. The highest BCUT2D eigenvalue weighted by atomic mass is 31.1. The average molecular weight is 206 g/mol. The molecule has 5 heteroatoms. The molecule has 13 heavy (non-hydrogen) atoms. The van der Waals surface area contributed by atoms with Crippen molar-refractivity contribution < 1.29 is 18.6 Å². The van der Waals surface area contributed by atoms with Crippen LogP contribution in [0.1, 0.15) is 20.8 Å². The summed E-state index contributed by atoms with van der Waals surface area (Å²) in [5, 5.41) is 0. The second-order valence-electron chi connectivity index (χ2n) is 3.78. The standard InChI is InChI=1S/C8H15O4P/c1-4-12-13(10)6-7(9)11-5-8(6,2)3/h6,13H,4-5H2,1-3H3. The van der Waals surface area contributed by atoms with Crippen LogP contribution in [-0.2, 0) is 18.6 Å². The van der Waals surface area contributed by atoms with Crippen LogP contribution in [0, 0.1) is 5.41 Å². The first kappa shape index (κ1) is 10.7. The summed E-state index contributed by atoms with van der Waals surface area (Å²) in [5.74, 6) is -0.387. The Labute approximate surface area is 78.5 Å². The summed E-state index contributed by atoms with van der Waals surface area (Å²) in [6.07, 6.45) is 0. The van der Waals surface area contributed by atoms with E-state index in [4.69, 9.17) is 9.26 Å². The van der Waals surface area contributed by atoms with E-state index in [-0.39, 0.29) is 11.4 Å². The van der Waals surface area contributed by atoms with Gasteiger partial charge >= 0.3 is 5.97 Å². The van der Waals surface area contributed by atoms with Crippen molar-refractivity contribution in [2.45, 2.75) is 26.4 Å².